The highest BCUT2D eigenvalue weighted by Crippen LogP contribution is 2.40. The van der Waals surface area contributed by atoms with Crippen LogP contribution in [0.25, 0.3) is 0 Å². The van der Waals surface area contributed by atoms with Gasteiger partial charge in [0.15, 0.2) is 5.16 Å². The quantitative estimate of drug-likeness (QED) is 0.736. The molecule has 1 N–H and O–H groups in total. The first-order chi connectivity index (χ1) is 9.49. The van der Waals surface area contributed by atoms with Gasteiger partial charge in [0.1, 0.15) is 5.82 Å². The second kappa shape index (κ2) is 6.58. The average Bonchev–Trinajstić information content (AvgIpc) is 3.15. The maximum absolute atomic E-state index is 10.7. The Hall–Kier alpha value is -1.08. The Bertz CT molecular complexity index is 471. The van der Waals surface area contributed by atoms with Gasteiger partial charge < -0.3 is 14.6 Å². The Labute approximate surface area is 123 Å². The molecule has 1 aliphatic carbocycles. The normalized spacial score (nSPS) is 15.2. The van der Waals surface area contributed by atoms with E-state index in [1.165, 1.54) is 24.6 Å². The van der Waals surface area contributed by atoms with E-state index in [1.54, 1.807) is 0 Å². The average molecular weight is 298 g/mol. The molecule has 7 heteroatoms. The van der Waals surface area contributed by atoms with Crippen molar-refractivity contribution in [1.82, 2.24) is 19.7 Å². The van der Waals surface area contributed by atoms with E-state index in [9.17, 15) is 4.79 Å². The van der Waals surface area contributed by atoms with Gasteiger partial charge in [0.25, 0.3) is 0 Å². The van der Waals surface area contributed by atoms with E-state index in [4.69, 9.17) is 5.11 Å². The van der Waals surface area contributed by atoms with E-state index >= 15 is 0 Å². The summed E-state index contributed by atoms with van der Waals surface area (Å²) in [4.78, 5) is 13.0. The number of thioether (sulfide) groups is 1. The van der Waals surface area contributed by atoms with Crippen LogP contribution in [0.4, 0.5) is 0 Å². The monoisotopic (exact) mass is 298 g/mol. The van der Waals surface area contributed by atoms with Crippen molar-refractivity contribution in [3.05, 3.63) is 5.82 Å². The zero-order valence-electron chi connectivity index (χ0n) is 12.2. The maximum atomic E-state index is 10.7. The van der Waals surface area contributed by atoms with Gasteiger partial charge in [0.2, 0.25) is 0 Å². The number of carboxylic acid groups (broad SMARTS) is 1. The van der Waals surface area contributed by atoms with Gasteiger partial charge in [-0.15, -0.1) is 10.2 Å². The van der Waals surface area contributed by atoms with Crippen LogP contribution in [0.2, 0.25) is 0 Å². The van der Waals surface area contributed by atoms with Crippen molar-refractivity contribution in [3.63, 3.8) is 0 Å². The molecule has 0 spiro atoms. The number of aromatic nitrogens is 3. The van der Waals surface area contributed by atoms with E-state index in [0.29, 0.717) is 12.0 Å². The molecule has 1 heterocycles. The fourth-order valence-corrected chi connectivity index (χ4v) is 2.59. The summed E-state index contributed by atoms with van der Waals surface area (Å²) in [5.41, 5.74) is 0. The summed E-state index contributed by atoms with van der Waals surface area (Å²) in [6.07, 6.45) is 2.34. The van der Waals surface area contributed by atoms with Gasteiger partial charge >= 0.3 is 5.97 Å². The molecule has 0 bridgehead atoms. The fraction of sp³-hybridized carbons (Fsp3) is 0.769. The van der Waals surface area contributed by atoms with Crippen LogP contribution in [0.15, 0.2) is 5.16 Å². The molecular weight excluding hydrogens is 276 g/mol. The van der Waals surface area contributed by atoms with Crippen LogP contribution >= 0.6 is 11.8 Å². The Morgan fingerprint density at radius 1 is 1.50 bits per heavy atom. The third-order valence-electron chi connectivity index (χ3n) is 3.57. The molecule has 1 aromatic heterocycles. The minimum Gasteiger partial charge on any atom is -0.481 e. The molecule has 0 amide bonds. The summed E-state index contributed by atoms with van der Waals surface area (Å²) < 4.78 is 2.10. The molecule has 0 unspecified atom stereocenters. The lowest BCUT2D eigenvalue weighted by atomic mass is 10.3. The predicted molar refractivity (Wildman–Crippen MR) is 78.1 cm³/mol. The second-order valence-corrected chi connectivity index (χ2v) is 6.47. The van der Waals surface area contributed by atoms with Gasteiger partial charge in [0, 0.05) is 25.0 Å². The first kappa shape index (κ1) is 15.3. The van der Waals surface area contributed by atoms with Gasteiger partial charge in [-0.1, -0.05) is 11.8 Å². The van der Waals surface area contributed by atoms with Gasteiger partial charge in [-0.3, -0.25) is 4.79 Å². The van der Waals surface area contributed by atoms with Gasteiger partial charge in [-0.25, -0.2) is 0 Å². The van der Waals surface area contributed by atoms with Crippen molar-refractivity contribution in [2.45, 2.75) is 50.4 Å². The van der Waals surface area contributed by atoms with Crippen LogP contribution in [-0.2, 0) is 11.3 Å². The molecule has 0 saturated heterocycles. The molecule has 1 aliphatic rings. The number of carboxylic acids is 1. The van der Waals surface area contributed by atoms with E-state index < -0.39 is 5.97 Å². The van der Waals surface area contributed by atoms with Crippen LogP contribution in [-0.4, -0.2) is 56.1 Å². The van der Waals surface area contributed by atoms with Crippen LogP contribution in [0.3, 0.4) is 0 Å². The van der Waals surface area contributed by atoms with Crippen LogP contribution in [0.5, 0.6) is 0 Å². The first-order valence-corrected chi connectivity index (χ1v) is 7.95. The molecule has 0 aromatic carbocycles. The molecule has 1 saturated carbocycles. The number of rotatable bonds is 8. The largest absolute Gasteiger partial charge is 0.481 e. The number of aliphatic carboxylic acids is 1. The van der Waals surface area contributed by atoms with Crippen molar-refractivity contribution in [2.24, 2.45) is 0 Å². The van der Waals surface area contributed by atoms with Crippen molar-refractivity contribution in [3.8, 4) is 0 Å². The van der Waals surface area contributed by atoms with Crippen molar-refractivity contribution in [2.75, 3.05) is 19.3 Å². The molecule has 0 aliphatic heterocycles. The number of carbonyl (C=O) groups is 1. The molecule has 0 atom stereocenters. The Kier molecular flexibility index (Phi) is 5.04. The molecule has 20 heavy (non-hydrogen) atoms. The molecule has 0 radical (unpaired) electrons. The molecule has 6 nitrogen and oxygen atoms in total. The van der Waals surface area contributed by atoms with Gasteiger partial charge in [-0.2, -0.15) is 0 Å². The Morgan fingerprint density at radius 2 is 2.20 bits per heavy atom. The summed E-state index contributed by atoms with van der Waals surface area (Å²) >= 11 is 1.25. The van der Waals surface area contributed by atoms with E-state index in [1.807, 2.05) is 0 Å². The van der Waals surface area contributed by atoms with Crippen LogP contribution in [0.1, 0.15) is 38.4 Å². The fourth-order valence-electron chi connectivity index (χ4n) is 1.90. The zero-order valence-corrected chi connectivity index (χ0v) is 13.1. The van der Waals surface area contributed by atoms with E-state index in [2.05, 4.69) is 40.6 Å². The minimum atomic E-state index is -0.822. The molecule has 1 aromatic rings. The van der Waals surface area contributed by atoms with Crippen molar-refractivity contribution >= 4 is 17.7 Å². The number of likely N-dealkylation sites (N-methyl/N-ethyl adjacent to an activating group) is 1. The number of nitrogens with zero attached hydrogens (tertiary/aromatic N) is 4. The predicted octanol–water partition coefficient (Wildman–Crippen LogP) is 1.67. The summed E-state index contributed by atoms with van der Waals surface area (Å²) in [5.74, 6) is 0.751. The van der Waals surface area contributed by atoms with Crippen molar-refractivity contribution in [1.29, 1.82) is 0 Å². The molecule has 1 fully saturated rings. The standard InChI is InChI=1S/C13H22N4O2S/c1-9(2)16(3)6-7-17-12(10-4-5-10)14-15-13(17)20-8-11(18)19/h9-10H,4-8H2,1-3H3,(H,18,19). The molecule has 2 rings (SSSR count). The topological polar surface area (TPSA) is 71.2 Å². The SMILES string of the molecule is CC(C)N(C)CCn1c(SCC(=O)O)nnc1C1CC1. The summed E-state index contributed by atoms with van der Waals surface area (Å²) in [7, 11) is 2.09. The Morgan fingerprint density at radius 3 is 2.75 bits per heavy atom. The summed E-state index contributed by atoms with van der Waals surface area (Å²) in [5, 5.41) is 18.0. The van der Waals surface area contributed by atoms with Crippen LogP contribution < -0.4 is 0 Å². The third-order valence-corrected chi connectivity index (χ3v) is 4.52. The Balaban J connectivity index is 2.06. The highest BCUT2D eigenvalue weighted by molar-refractivity contribution is 7.99. The van der Waals surface area contributed by atoms with Gasteiger partial charge in [0.05, 0.1) is 5.75 Å². The maximum Gasteiger partial charge on any atom is 0.313 e. The number of hydrogen-bond donors (Lipinski definition) is 1. The second-order valence-electron chi connectivity index (χ2n) is 5.52. The lowest BCUT2D eigenvalue weighted by Gasteiger charge is -2.21. The number of hydrogen-bond acceptors (Lipinski definition) is 5. The lowest BCUT2D eigenvalue weighted by molar-refractivity contribution is -0.133. The highest BCUT2D eigenvalue weighted by Gasteiger charge is 2.30. The third kappa shape index (κ3) is 3.96. The van der Waals surface area contributed by atoms with Crippen LogP contribution in [0, 0.1) is 0 Å². The summed E-state index contributed by atoms with van der Waals surface area (Å²) in [6, 6.07) is 0.492. The van der Waals surface area contributed by atoms with E-state index in [-0.39, 0.29) is 5.75 Å². The van der Waals surface area contributed by atoms with Crippen molar-refractivity contribution < 1.29 is 9.90 Å². The van der Waals surface area contributed by atoms with E-state index in [0.717, 1.165) is 24.1 Å². The smallest absolute Gasteiger partial charge is 0.313 e. The highest BCUT2D eigenvalue weighted by atomic mass is 32.2. The molecular formula is C13H22N4O2S. The van der Waals surface area contributed by atoms with Gasteiger partial charge in [-0.05, 0) is 33.7 Å². The first-order valence-electron chi connectivity index (χ1n) is 6.97. The summed E-state index contributed by atoms with van der Waals surface area (Å²) in [6.45, 7) is 6.05. The molecule has 112 valence electrons. The minimum absolute atomic E-state index is 0.0306. The zero-order chi connectivity index (χ0) is 14.7. The lowest BCUT2D eigenvalue weighted by Crippen LogP contribution is -2.30.